The van der Waals surface area contributed by atoms with E-state index >= 15 is 0 Å². The zero-order valence-corrected chi connectivity index (χ0v) is 18.9. The smallest absolute Gasteiger partial charge is 0.216 e. The van der Waals surface area contributed by atoms with E-state index in [-0.39, 0.29) is 23.9 Å². The minimum absolute atomic E-state index is 0.0625. The molecule has 4 rings (SSSR count). The molecular formula is C28H30FNO3. The summed E-state index contributed by atoms with van der Waals surface area (Å²) < 4.78 is 26.3. The van der Waals surface area contributed by atoms with E-state index < -0.39 is 0 Å². The molecule has 1 fully saturated rings. The predicted octanol–water partition coefficient (Wildman–Crippen LogP) is 5.69. The summed E-state index contributed by atoms with van der Waals surface area (Å²) in [5, 5.41) is 2.83. The largest absolute Gasteiger partial charge is 0.490 e. The van der Waals surface area contributed by atoms with Crippen LogP contribution in [-0.4, -0.2) is 24.7 Å². The SMILES string of the molecule is CC(=O)NCCc1ccc(O[C@@H]2CC[C@@H](OCc3ccccc3)C2)cc1-c1cccc(F)c1. The third-order valence-corrected chi connectivity index (χ3v) is 5.95. The van der Waals surface area contributed by atoms with Crippen molar-refractivity contribution in [2.45, 2.75) is 51.4 Å². The standard InChI is InChI=1S/C28H30FNO3/c1-20(31)30-15-14-22-10-11-27(18-28(22)23-8-5-9-24(29)16-23)33-26-13-12-25(17-26)32-19-21-6-3-2-4-7-21/h2-11,16,18,25-26H,12-15,17,19H2,1H3,(H,30,31)/t25-,26-/m1/s1. The van der Waals surface area contributed by atoms with Crippen LogP contribution in [0.5, 0.6) is 5.75 Å². The molecule has 3 aromatic carbocycles. The first-order valence-electron chi connectivity index (χ1n) is 11.5. The normalized spacial score (nSPS) is 17.6. The number of hydrogen-bond donors (Lipinski definition) is 1. The molecule has 1 amide bonds. The van der Waals surface area contributed by atoms with Crippen LogP contribution >= 0.6 is 0 Å². The molecule has 2 atom stereocenters. The topological polar surface area (TPSA) is 47.6 Å². The average molecular weight is 448 g/mol. The average Bonchev–Trinajstić information content (AvgIpc) is 3.26. The van der Waals surface area contributed by atoms with E-state index in [1.165, 1.54) is 24.6 Å². The lowest BCUT2D eigenvalue weighted by Crippen LogP contribution is -2.22. The van der Waals surface area contributed by atoms with Crippen molar-refractivity contribution in [3.63, 3.8) is 0 Å². The highest BCUT2D eigenvalue weighted by Crippen LogP contribution is 2.32. The van der Waals surface area contributed by atoms with Crippen molar-refractivity contribution in [2.75, 3.05) is 6.54 Å². The fourth-order valence-electron chi connectivity index (χ4n) is 4.28. The minimum atomic E-state index is -0.277. The molecular weight excluding hydrogens is 417 g/mol. The monoisotopic (exact) mass is 447 g/mol. The van der Waals surface area contributed by atoms with Crippen molar-refractivity contribution in [1.29, 1.82) is 0 Å². The fourth-order valence-corrected chi connectivity index (χ4v) is 4.28. The molecule has 0 aromatic heterocycles. The van der Waals surface area contributed by atoms with E-state index in [4.69, 9.17) is 9.47 Å². The maximum atomic E-state index is 13.9. The van der Waals surface area contributed by atoms with Crippen molar-refractivity contribution in [3.05, 3.63) is 89.7 Å². The number of hydrogen-bond acceptors (Lipinski definition) is 3. The number of ether oxygens (including phenoxy) is 2. The molecule has 0 spiro atoms. The molecule has 0 unspecified atom stereocenters. The third kappa shape index (κ3) is 6.65. The van der Waals surface area contributed by atoms with Crippen LogP contribution < -0.4 is 10.1 Å². The Morgan fingerprint density at radius 1 is 1.00 bits per heavy atom. The molecule has 0 aliphatic heterocycles. The Balaban J connectivity index is 1.42. The van der Waals surface area contributed by atoms with Crippen LogP contribution in [0.2, 0.25) is 0 Å². The van der Waals surface area contributed by atoms with Gasteiger partial charge in [0.05, 0.1) is 12.7 Å². The Hall–Kier alpha value is -3.18. The van der Waals surface area contributed by atoms with Gasteiger partial charge >= 0.3 is 0 Å². The first kappa shape index (κ1) is 23.0. The number of halogens is 1. The van der Waals surface area contributed by atoms with Gasteiger partial charge in [0.25, 0.3) is 0 Å². The predicted molar refractivity (Wildman–Crippen MR) is 128 cm³/mol. The number of carbonyl (C=O) groups is 1. The van der Waals surface area contributed by atoms with Crippen LogP contribution in [0.3, 0.4) is 0 Å². The van der Waals surface area contributed by atoms with Crippen LogP contribution in [0, 0.1) is 5.82 Å². The minimum Gasteiger partial charge on any atom is -0.490 e. The molecule has 1 N–H and O–H groups in total. The second-order valence-electron chi connectivity index (χ2n) is 8.53. The van der Waals surface area contributed by atoms with E-state index in [1.54, 1.807) is 6.07 Å². The molecule has 4 nitrogen and oxygen atoms in total. The number of nitrogens with one attached hydrogen (secondary N) is 1. The summed E-state index contributed by atoms with van der Waals surface area (Å²) in [7, 11) is 0. The Labute approximate surface area is 194 Å². The van der Waals surface area contributed by atoms with Gasteiger partial charge in [-0.15, -0.1) is 0 Å². The molecule has 0 saturated heterocycles. The molecule has 1 saturated carbocycles. The summed E-state index contributed by atoms with van der Waals surface area (Å²) in [6.07, 6.45) is 3.71. The number of amides is 1. The van der Waals surface area contributed by atoms with Gasteiger partial charge in [-0.1, -0.05) is 48.5 Å². The zero-order valence-electron chi connectivity index (χ0n) is 18.9. The lowest BCUT2D eigenvalue weighted by atomic mass is 9.97. The van der Waals surface area contributed by atoms with Crippen LogP contribution in [0.15, 0.2) is 72.8 Å². The Morgan fingerprint density at radius 2 is 1.82 bits per heavy atom. The van der Waals surface area contributed by atoms with Gasteiger partial charge in [0, 0.05) is 19.9 Å². The third-order valence-electron chi connectivity index (χ3n) is 5.95. The molecule has 1 aliphatic rings. The first-order valence-corrected chi connectivity index (χ1v) is 11.5. The first-order chi connectivity index (χ1) is 16.1. The number of carbonyl (C=O) groups excluding carboxylic acids is 1. The summed E-state index contributed by atoms with van der Waals surface area (Å²) >= 11 is 0. The summed E-state index contributed by atoms with van der Waals surface area (Å²) in [4.78, 5) is 11.2. The van der Waals surface area contributed by atoms with Gasteiger partial charge < -0.3 is 14.8 Å². The van der Waals surface area contributed by atoms with Gasteiger partial charge in [0.1, 0.15) is 17.7 Å². The number of rotatable bonds is 9. The van der Waals surface area contributed by atoms with Gasteiger partial charge in [-0.3, -0.25) is 4.79 Å². The zero-order chi connectivity index (χ0) is 23.0. The van der Waals surface area contributed by atoms with Gasteiger partial charge in [-0.2, -0.15) is 0 Å². The molecule has 1 aliphatic carbocycles. The molecule has 33 heavy (non-hydrogen) atoms. The molecule has 5 heteroatoms. The lowest BCUT2D eigenvalue weighted by molar-refractivity contribution is -0.118. The van der Waals surface area contributed by atoms with Crippen LogP contribution in [0.1, 0.15) is 37.3 Å². The van der Waals surface area contributed by atoms with Crippen LogP contribution in [-0.2, 0) is 22.6 Å². The quantitative estimate of drug-likeness (QED) is 0.459. The summed E-state index contributed by atoms with van der Waals surface area (Å²) in [5.41, 5.74) is 3.94. The van der Waals surface area contributed by atoms with Gasteiger partial charge in [-0.05, 0) is 65.8 Å². The Kier molecular flexibility index (Phi) is 7.74. The molecule has 172 valence electrons. The summed E-state index contributed by atoms with van der Waals surface area (Å²) in [6.45, 7) is 2.65. The van der Waals surface area contributed by atoms with Crippen molar-refractivity contribution in [1.82, 2.24) is 5.32 Å². The van der Waals surface area contributed by atoms with E-state index in [1.807, 2.05) is 42.5 Å². The number of benzene rings is 3. The molecule has 0 bridgehead atoms. The molecule has 0 heterocycles. The summed E-state index contributed by atoms with van der Waals surface area (Å²) in [6, 6.07) is 22.7. The highest BCUT2D eigenvalue weighted by Gasteiger charge is 2.27. The van der Waals surface area contributed by atoms with Crippen molar-refractivity contribution < 1.29 is 18.7 Å². The fraction of sp³-hybridized carbons (Fsp3) is 0.321. The highest BCUT2D eigenvalue weighted by atomic mass is 19.1. The van der Waals surface area contributed by atoms with Crippen molar-refractivity contribution in [2.24, 2.45) is 0 Å². The van der Waals surface area contributed by atoms with Gasteiger partial charge in [0.15, 0.2) is 0 Å². The molecule has 0 radical (unpaired) electrons. The Bertz CT molecular complexity index is 1070. The Morgan fingerprint density at radius 3 is 2.61 bits per heavy atom. The van der Waals surface area contributed by atoms with E-state index in [0.29, 0.717) is 19.6 Å². The lowest BCUT2D eigenvalue weighted by Gasteiger charge is -2.17. The van der Waals surface area contributed by atoms with E-state index in [2.05, 4.69) is 17.4 Å². The van der Waals surface area contributed by atoms with Crippen molar-refractivity contribution in [3.8, 4) is 16.9 Å². The van der Waals surface area contributed by atoms with Gasteiger partial charge in [-0.25, -0.2) is 4.39 Å². The van der Waals surface area contributed by atoms with E-state index in [9.17, 15) is 9.18 Å². The summed E-state index contributed by atoms with van der Waals surface area (Å²) in [5.74, 6) is 0.430. The molecule has 3 aromatic rings. The second-order valence-corrected chi connectivity index (χ2v) is 8.53. The van der Waals surface area contributed by atoms with Crippen LogP contribution in [0.25, 0.3) is 11.1 Å². The van der Waals surface area contributed by atoms with Crippen molar-refractivity contribution >= 4 is 5.91 Å². The maximum Gasteiger partial charge on any atom is 0.216 e. The van der Waals surface area contributed by atoms with Gasteiger partial charge in [0.2, 0.25) is 5.91 Å². The van der Waals surface area contributed by atoms with E-state index in [0.717, 1.165) is 41.7 Å². The second kappa shape index (κ2) is 11.1. The maximum absolute atomic E-state index is 13.9. The highest BCUT2D eigenvalue weighted by molar-refractivity contribution is 5.73. The van der Waals surface area contributed by atoms with Crippen LogP contribution in [0.4, 0.5) is 4.39 Å².